The minimum Gasteiger partial charge on any atom is -0.381 e. The number of halogens is 1. The summed E-state index contributed by atoms with van der Waals surface area (Å²) in [5, 5.41) is 13.0. The maximum Gasteiger partial charge on any atom is 0.0992 e. The number of anilines is 1. The Morgan fingerprint density at radius 1 is 1.33 bits per heavy atom. The van der Waals surface area contributed by atoms with E-state index in [9.17, 15) is 0 Å². The van der Waals surface area contributed by atoms with Crippen molar-refractivity contribution in [3.8, 4) is 6.07 Å². The Labute approximate surface area is 113 Å². The number of hydrogen-bond donors (Lipinski definition) is 1. The number of nitrogens with one attached hydrogen (secondary N) is 1. The van der Waals surface area contributed by atoms with Crippen LogP contribution in [0.15, 0.2) is 18.2 Å². The van der Waals surface area contributed by atoms with Gasteiger partial charge in [0.15, 0.2) is 0 Å². The van der Waals surface area contributed by atoms with Crippen LogP contribution in [-0.4, -0.2) is 18.2 Å². The zero-order valence-corrected chi connectivity index (χ0v) is 11.4. The molecule has 0 saturated carbocycles. The number of benzene rings is 1. The van der Waals surface area contributed by atoms with Crippen LogP contribution in [0, 0.1) is 11.3 Å². The lowest BCUT2D eigenvalue weighted by Gasteiger charge is -2.33. The Bertz CT molecular complexity index is 459. The molecule has 4 heteroatoms. The number of nitriles is 1. The maximum absolute atomic E-state index is 8.90. The first kappa shape index (κ1) is 13.2. The van der Waals surface area contributed by atoms with Gasteiger partial charge in [-0.25, -0.2) is 0 Å². The molecule has 1 fully saturated rings. The summed E-state index contributed by atoms with van der Waals surface area (Å²) in [6.07, 6.45) is 2.42. The molecule has 18 heavy (non-hydrogen) atoms. The van der Waals surface area contributed by atoms with Crippen LogP contribution < -0.4 is 5.32 Å². The summed E-state index contributed by atoms with van der Waals surface area (Å²) in [5.41, 5.74) is 1.46. The molecule has 1 N–H and O–H groups in total. The molecule has 0 amide bonds. The lowest BCUT2D eigenvalue weighted by Crippen LogP contribution is -2.36. The number of nitrogens with zero attached hydrogens (tertiary/aromatic N) is 1. The molecular formula is C14H17ClN2O. The molecule has 2 unspecified atom stereocenters. The van der Waals surface area contributed by atoms with E-state index >= 15 is 0 Å². The third-order valence-electron chi connectivity index (χ3n) is 3.15. The molecule has 1 heterocycles. The Balaban J connectivity index is 2.11. The first-order chi connectivity index (χ1) is 8.58. The Morgan fingerprint density at radius 2 is 2.00 bits per heavy atom. The molecular weight excluding hydrogens is 248 g/mol. The second kappa shape index (κ2) is 5.60. The number of ether oxygens (including phenoxy) is 1. The second-order valence-corrected chi connectivity index (χ2v) is 5.28. The molecule has 96 valence electrons. The molecule has 0 spiro atoms. The largest absolute Gasteiger partial charge is 0.381 e. The van der Waals surface area contributed by atoms with Crippen molar-refractivity contribution < 1.29 is 4.74 Å². The van der Waals surface area contributed by atoms with E-state index in [0.29, 0.717) is 16.6 Å². The minimum atomic E-state index is 0.254. The van der Waals surface area contributed by atoms with Crippen molar-refractivity contribution in [3.05, 3.63) is 28.8 Å². The molecule has 0 aliphatic carbocycles. The van der Waals surface area contributed by atoms with Gasteiger partial charge in [0, 0.05) is 6.04 Å². The third kappa shape index (κ3) is 3.16. The van der Waals surface area contributed by atoms with Crippen molar-refractivity contribution >= 4 is 17.3 Å². The van der Waals surface area contributed by atoms with Crippen molar-refractivity contribution in [1.82, 2.24) is 0 Å². The first-order valence-corrected chi connectivity index (χ1v) is 6.58. The van der Waals surface area contributed by atoms with Crippen molar-refractivity contribution in [2.24, 2.45) is 0 Å². The highest BCUT2D eigenvalue weighted by atomic mass is 35.5. The van der Waals surface area contributed by atoms with Crippen LogP contribution in [0.3, 0.4) is 0 Å². The van der Waals surface area contributed by atoms with Gasteiger partial charge in [-0.1, -0.05) is 11.6 Å². The Kier molecular flexibility index (Phi) is 4.11. The molecule has 0 bridgehead atoms. The highest BCUT2D eigenvalue weighted by Gasteiger charge is 2.24. The fourth-order valence-electron chi connectivity index (χ4n) is 2.45. The standard InChI is InChI=1S/C14H17ClN2O/c1-9-5-12(6-10(2)18-9)17-14-7-11(8-16)3-4-13(14)15/h3-4,7,9-10,12,17H,5-6H2,1-2H3. The zero-order valence-electron chi connectivity index (χ0n) is 10.6. The molecule has 1 aliphatic heterocycles. The van der Waals surface area contributed by atoms with Gasteiger partial charge in [0.2, 0.25) is 0 Å². The van der Waals surface area contributed by atoms with Crippen LogP contribution in [0.25, 0.3) is 0 Å². The minimum absolute atomic E-state index is 0.254. The summed E-state index contributed by atoms with van der Waals surface area (Å²) in [6, 6.07) is 7.75. The van der Waals surface area contributed by atoms with Gasteiger partial charge in [-0.2, -0.15) is 5.26 Å². The van der Waals surface area contributed by atoms with E-state index in [1.165, 1.54) is 0 Å². The summed E-state index contributed by atoms with van der Waals surface area (Å²) in [6.45, 7) is 4.16. The lowest BCUT2D eigenvalue weighted by molar-refractivity contribution is -0.0337. The first-order valence-electron chi connectivity index (χ1n) is 6.20. The summed E-state index contributed by atoms with van der Waals surface area (Å²) in [4.78, 5) is 0. The van der Waals surface area contributed by atoms with Crippen LogP contribution in [0.4, 0.5) is 5.69 Å². The van der Waals surface area contributed by atoms with E-state index in [4.69, 9.17) is 21.6 Å². The van der Waals surface area contributed by atoms with Crippen molar-refractivity contribution in [2.45, 2.75) is 44.9 Å². The van der Waals surface area contributed by atoms with Crippen LogP contribution in [0.1, 0.15) is 32.3 Å². The molecule has 2 atom stereocenters. The van der Waals surface area contributed by atoms with Crippen LogP contribution >= 0.6 is 11.6 Å². The molecule has 1 aromatic rings. The molecule has 1 aliphatic rings. The molecule has 2 rings (SSSR count). The van der Waals surface area contributed by atoms with E-state index in [1.807, 2.05) is 0 Å². The smallest absolute Gasteiger partial charge is 0.0992 e. The van der Waals surface area contributed by atoms with E-state index < -0.39 is 0 Å². The third-order valence-corrected chi connectivity index (χ3v) is 3.48. The second-order valence-electron chi connectivity index (χ2n) is 4.88. The normalized spacial score (nSPS) is 27.6. The summed E-state index contributed by atoms with van der Waals surface area (Å²) in [7, 11) is 0. The van der Waals surface area contributed by atoms with Gasteiger partial charge in [-0.05, 0) is 44.9 Å². The highest BCUT2D eigenvalue weighted by molar-refractivity contribution is 6.33. The average Bonchev–Trinajstić information content (AvgIpc) is 2.30. The molecule has 1 aromatic carbocycles. The zero-order chi connectivity index (χ0) is 13.1. The fourth-order valence-corrected chi connectivity index (χ4v) is 2.62. The van der Waals surface area contributed by atoms with Crippen LogP contribution in [0.5, 0.6) is 0 Å². The fraction of sp³-hybridized carbons (Fsp3) is 0.500. The average molecular weight is 265 g/mol. The molecule has 1 saturated heterocycles. The lowest BCUT2D eigenvalue weighted by atomic mass is 9.99. The quantitative estimate of drug-likeness (QED) is 0.888. The van der Waals surface area contributed by atoms with Gasteiger partial charge < -0.3 is 10.1 Å². The molecule has 0 aromatic heterocycles. The molecule has 0 radical (unpaired) electrons. The topological polar surface area (TPSA) is 45.0 Å². The number of hydrogen-bond acceptors (Lipinski definition) is 3. The summed E-state index contributed by atoms with van der Waals surface area (Å²) < 4.78 is 5.70. The van der Waals surface area contributed by atoms with Gasteiger partial charge in [0.1, 0.15) is 0 Å². The van der Waals surface area contributed by atoms with Crippen molar-refractivity contribution in [1.29, 1.82) is 5.26 Å². The Morgan fingerprint density at radius 3 is 2.61 bits per heavy atom. The van der Waals surface area contributed by atoms with Crippen LogP contribution in [-0.2, 0) is 4.74 Å². The van der Waals surface area contributed by atoms with E-state index in [2.05, 4.69) is 25.2 Å². The van der Waals surface area contributed by atoms with Gasteiger partial charge in [0.25, 0.3) is 0 Å². The highest BCUT2D eigenvalue weighted by Crippen LogP contribution is 2.27. The van der Waals surface area contributed by atoms with E-state index in [0.717, 1.165) is 18.5 Å². The van der Waals surface area contributed by atoms with Crippen LogP contribution in [0.2, 0.25) is 5.02 Å². The maximum atomic E-state index is 8.90. The monoisotopic (exact) mass is 264 g/mol. The van der Waals surface area contributed by atoms with E-state index in [1.54, 1.807) is 18.2 Å². The van der Waals surface area contributed by atoms with Gasteiger partial charge in [0.05, 0.1) is 34.6 Å². The summed E-state index contributed by atoms with van der Waals surface area (Å²) in [5.74, 6) is 0. The predicted molar refractivity (Wildman–Crippen MR) is 72.8 cm³/mol. The van der Waals surface area contributed by atoms with Gasteiger partial charge in [-0.3, -0.25) is 0 Å². The number of rotatable bonds is 2. The van der Waals surface area contributed by atoms with Crippen molar-refractivity contribution in [3.63, 3.8) is 0 Å². The summed E-state index contributed by atoms with van der Waals surface area (Å²) >= 11 is 6.14. The SMILES string of the molecule is CC1CC(Nc2cc(C#N)ccc2Cl)CC(C)O1. The Hall–Kier alpha value is -1.24. The van der Waals surface area contributed by atoms with Gasteiger partial charge >= 0.3 is 0 Å². The molecule has 3 nitrogen and oxygen atoms in total. The van der Waals surface area contributed by atoms with Gasteiger partial charge in [-0.15, -0.1) is 0 Å². The van der Waals surface area contributed by atoms with Crippen molar-refractivity contribution in [2.75, 3.05) is 5.32 Å². The predicted octanol–water partition coefficient (Wildman–Crippen LogP) is 3.58. The van der Waals surface area contributed by atoms with E-state index in [-0.39, 0.29) is 12.2 Å².